The lowest BCUT2D eigenvalue weighted by molar-refractivity contribution is -0.135. The standard InChI is InChI=1S/C21H19NO5S/c1-3-27-15-11-7-8-13(18(15)23)12-16-19(24)17(21(25)26-2)20(28-16)22-14-9-5-4-6-10-14/h4-12,23-24H,3H2,1-2H3/b16-12+,22-20?. The molecule has 144 valence electrons. The lowest BCUT2D eigenvalue weighted by Gasteiger charge is -2.08. The topological polar surface area (TPSA) is 88.4 Å². The first-order valence-electron chi connectivity index (χ1n) is 8.55. The van der Waals surface area contributed by atoms with E-state index >= 15 is 0 Å². The lowest BCUT2D eigenvalue weighted by atomic mass is 10.1. The Morgan fingerprint density at radius 2 is 1.89 bits per heavy atom. The molecule has 1 heterocycles. The minimum atomic E-state index is -0.685. The number of hydrogen-bond acceptors (Lipinski definition) is 7. The number of para-hydroxylation sites is 2. The molecule has 0 unspecified atom stereocenters. The predicted molar refractivity (Wildman–Crippen MR) is 110 cm³/mol. The first-order valence-corrected chi connectivity index (χ1v) is 9.37. The van der Waals surface area contributed by atoms with Crippen LogP contribution in [0, 0.1) is 0 Å². The van der Waals surface area contributed by atoms with Gasteiger partial charge < -0.3 is 19.7 Å². The van der Waals surface area contributed by atoms with E-state index in [4.69, 9.17) is 9.47 Å². The molecule has 1 aliphatic rings. The normalized spacial score (nSPS) is 16.6. The number of aliphatic hydroxyl groups is 1. The maximum Gasteiger partial charge on any atom is 0.344 e. The minimum absolute atomic E-state index is 0.0111. The van der Waals surface area contributed by atoms with Gasteiger partial charge in [0.25, 0.3) is 0 Å². The maximum absolute atomic E-state index is 12.2. The van der Waals surface area contributed by atoms with Gasteiger partial charge >= 0.3 is 5.97 Å². The second kappa shape index (κ2) is 8.67. The van der Waals surface area contributed by atoms with Crippen molar-refractivity contribution < 1.29 is 24.5 Å². The fourth-order valence-electron chi connectivity index (χ4n) is 2.58. The van der Waals surface area contributed by atoms with Crippen LogP contribution in [0.2, 0.25) is 0 Å². The van der Waals surface area contributed by atoms with Crippen LogP contribution in [0.15, 0.2) is 69.8 Å². The summed E-state index contributed by atoms with van der Waals surface area (Å²) in [5, 5.41) is 21.3. The van der Waals surface area contributed by atoms with Crippen molar-refractivity contribution in [3.05, 3.63) is 70.3 Å². The van der Waals surface area contributed by atoms with Crippen molar-refractivity contribution in [1.29, 1.82) is 0 Å². The van der Waals surface area contributed by atoms with Crippen molar-refractivity contribution in [3.8, 4) is 11.5 Å². The molecule has 7 heteroatoms. The minimum Gasteiger partial charge on any atom is -0.506 e. The van der Waals surface area contributed by atoms with E-state index in [1.165, 1.54) is 7.11 Å². The average Bonchev–Trinajstić information content (AvgIpc) is 3.00. The second-order valence-corrected chi connectivity index (χ2v) is 6.74. The van der Waals surface area contributed by atoms with Crippen molar-refractivity contribution in [2.45, 2.75) is 6.92 Å². The number of esters is 1. The van der Waals surface area contributed by atoms with Gasteiger partial charge in [0, 0.05) is 5.56 Å². The van der Waals surface area contributed by atoms with E-state index in [2.05, 4.69) is 4.99 Å². The molecule has 0 saturated heterocycles. The largest absolute Gasteiger partial charge is 0.506 e. The molecule has 0 aromatic heterocycles. The zero-order valence-electron chi connectivity index (χ0n) is 15.4. The summed E-state index contributed by atoms with van der Waals surface area (Å²) in [5.41, 5.74) is 1.08. The number of aliphatic hydroxyl groups excluding tert-OH is 1. The van der Waals surface area contributed by atoms with Gasteiger partial charge in [-0.2, -0.15) is 0 Å². The number of carbonyl (C=O) groups is 1. The molecule has 0 saturated carbocycles. The summed E-state index contributed by atoms with van der Waals surface area (Å²) < 4.78 is 10.2. The summed E-state index contributed by atoms with van der Waals surface area (Å²) in [5.74, 6) is -0.629. The third kappa shape index (κ3) is 4.04. The molecule has 3 rings (SSSR count). The number of hydrogen-bond donors (Lipinski definition) is 2. The van der Waals surface area contributed by atoms with Gasteiger partial charge in [-0.1, -0.05) is 42.1 Å². The van der Waals surface area contributed by atoms with E-state index in [1.54, 1.807) is 36.4 Å². The number of benzene rings is 2. The summed E-state index contributed by atoms with van der Waals surface area (Å²) in [6.07, 6.45) is 1.58. The zero-order valence-corrected chi connectivity index (χ0v) is 16.2. The van der Waals surface area contributed by atoms with Crippen molar-refractivity contribution in [2.24, 2.45) is 4.99 Å². The number of phenols is 1. The third-order valence-electron chi connectivity index (χ3n) is 3.88. The maximum atomic E-state index is 12.2. The lowest BCUT2D eigenvalue weighted by Crippen LogP contribution is -2.10. The van der Waals surface area contributed by atoms with Crippen LogP contribution in [0.3, 0.4) is 0 Å². The van der Waals surface area contributed by atoms with Gasteiger partial charge in [-0.3, -0.25) is 0 Å². The van der Waals surface area contributed by atoms with E-state index in [0.29, 0.717) is 33.6 Å². The molecule has 2 aromatic rings. The summed E-state index contributed by atoms with van der Waals surface area (Å²) in [6, 6.07) is 14.2. The Balaban J connectivity index is 2.05. The molecule has 2 aromatic carbocycles. The first-order chi connectivity index (χ1) is 13.5. The van der Waals surface area contributed by atoms with Gasteiger partial charge in [0.05, 0.1) is 24.3 Å². The molecule has 0 spiro atoms. The van der Waals surface area contributed by atoms with Gasteiger partial charge in [-0.05, 0) is 31.2 Å². The number of aliphatic imine (C=N–C) groups is 1. The van der Waals surface area contributed by atoms with Gasteiger partial charge in [-0.25, -0.2) is 9.79 Å². The SMILES string of the molecule is CCOc1cccc(/C=C2/SC(=Nc3ccccc3)C(C(=O)OC)=C2O)c1O. The van der Waals surface area contributed by atoms with Crippen LogP contribution in [-0.4, -0.2) is 34.9 Å². The van der Waals surface area contributed by atoms with Gasteiger partial charge in [0.1, 0.15) is 16.4 Å². The Bertz CT molecular complexity index is 980. The Labute approximate surface area is 166 Å². The van der Waals surface area contributed by atoms with E-state index < -0.39 is 5.97 Å². The van der Waals surface area contributed by atoms with Crippen LogP contribution >= 0.6 is 11.8 Å². The van der Waals surface area contributed by atoms with E-state index in [9.17, 15) is 15.0 Å². The number of methoxy groups -OCH3 is 1. The Morgan fingerprint density at radius 3 is 2.57 bits per heavy atom. The predicted octanol–water partition coefficient (Wildman–Crippen LogP) is 4.59. The molecule has 0 radical (unpaired) electrons. The van der Waals surface area contributed by atoms with Crippen LogP contribution < -0.4 is 4.74 Å². The molecular formula is C21H19NO5S. The van der Waals surface area contributed by atoms with Crippen molar-refractivity contribution in [3.63, 3.8) is 0 Å². The molecule has 0 amide bonds. The number of thioether (sulfide) groups is 1. The van der Waals surface area contributed by atoms with Gasteiger partial charge in [0.15, 0.2) is 11.5 Å². The molecular weight excluding hydrogens is 378 g/mol. The summed E-state index contributed by atoms with van der Waals surface area (Å²) in [7, 11) is 1.24. The van der Waals surface area contributed by atoms with Crippen LogP contribution in [0.1, 0.15) is 12.5 Å². The Kier molecular flexibility index (Phi) is 6.06. The average molecular weight is 397 g/mol. The number of phenolic OH excluding ortho intramolecular Hbond substituents is 1. The quantitative estimate of drug-likeness (QED) is 0.717. The van der Waals surface area contributed by atoms with E-state index in [-0.39, 0.29) is 17.1 Å². The highest BCUT2D eigenvalue weighted by Gasteiger charge is 2.33. The molecule has 2 N–H and O–H groups in total. The highest BCUT2D eigenvalue weighted by atomic mass is 32.2. The molecule has 0 fully saturated rings. The van der Waals surface area contributed by atoms with Crippen LogP contribution in [-0.2, 0) is 9.53 Å². The molecule has 6 nitrogen and oxygen atoms in total. The molecule has 1 aliphatic heterocycles. The monoisotopic (exact) mass is 397 g/mol. The zero-order chi connectivity index (χ0) is 20.1. The number of aromatic hydroxyl groups is 1. The third-order valence-corrected chi connectivity index (χ3v) is 4.90. The Hall–Kier alpha value is -3.19. The molecule has 0 aliphatic carbocycles. The fraction of sp³-hybridized carbons (Fsp3) is 0.143. The molecule has 0 atom stereocenters. The Morgan fingerprint density at radius 1 is 1.14 bits per heavy atom. The van der Waals surface area contributed by atoms with E-state index in [0.717, 1.165) is 11.8 Å². The van der Waals surface area contributed by atoms with Crippen LogP contribution in [0.4, 0.5) is 5.69 Å². The van der Waals surface area contributed by atoms with Gasteiger partial charge in [0.2, 0.25) is 0 Å². The van der Waals surface area contributed by atoms with Crippen molar-refractivity contribution >= 4 is 34.5 Å². The number of nitrogens with zero attached hydrogens (tertiary/aromatic N) is 1. The van der Waals surface area contributed by atoms with Crippen molar-refractivity contribution in [2.75, 3.05) is 13.7 Å². The van der Waals surface area contributed by atoms with Crippen molar-refractivity contribution in [1.82, 2.24) is 0 Å². The summed E-state index contributed by atoms with van der Waals surface area (Å²) >= 11 is 1.12. The summed E-state index contributed by atoms with van der Waals surface area (Å²) in [6.45, 7) is 2.23. The number of carbonyl (C=O) groups excluding carboxylic acids is 1. The highest BCUT2D eigenvalue weighted by molar-refractivity contribution is 8.18. The second-order valence-electron chi connectivity index (χ2n) is 5.71. The number of ether oxygens (including phenoxy) is 2. The van der Waals surface area contributed by atoms with Crippen LogP contribution in [0.5, 0.6) is 11.5 Å². The molecule has 0 bridgehead atoms. The van der Waals surface area contributed by atoms with Gasteiger partial charge in [-0.15, -0.1) is 0 Å². The fourth-order valence-corrected chi connectivity index (χ4v) is 3.61. The first kappa shape index (κ1) is 19.6. The smallest absolute Gasteiger partial charge is 0.344 e. The number of rotatable bonds is 5. The van der Waals surface area contributed by atoms with E-state index in [1.807, 2.05) is 25.1 Å². The molecule has 28 heavy (non-hydrogen) atoms. The summed E-state index contributed by atoms with van der Waals surface area (Å²) in [4.78, 5) is 17.0. The van der Waals surface area contributed by atoms with Crippen LogP contribution in [0.25, 0.3) is 6.08 Å². The highest BCUT2D eigenvalue weighted by Crippen LogP contribution is 2.42.